The van der Waals surface area contributed by atoms with E-state index in [0.717, 1.165) is 5.41 Å². The summed E-state index contributed by atoms with van der Waals surface area (Å²) in [5, 5.41) is 1.42. The number of sulfone groups is 1. The van der Waals surface area contributed by atoms with Crippen LogP contribution in [0.5, 0.6) is 0 Å². The van der Waals surface area contributed by atoms with Crippen LogP contribution in [0.1, 0.15) is 12.0 Å². The number of halogens is 1. The van der Waals surface area contributed by atoms with Gasteiger partial charge in [-0.3, -0.25) is 10.2 Å². The molecule has 126 valence electrons. The van der Waals surface area contributed by atoms with Gasteiger partial charge in [0.15, 0.2) is 9.84 Å². The summed E-state index contributed by atoms with van der Waals surface area (Å²) in [6.07, 6.45) is 1.53. The lowest BCUT2D eigenvalue weighted by atomic mass is 10.1. The quantitative estimate of drug-likeness (QED) is 0.733. The maximum atomic E-state index is 11.8. The van der Waals surface area contributed by atoms with Crippen molar-refractivity contribution in [1.29, 1.82) is 0 Å². The number of carbonyl (C=O) groups is 1. The Labute approximate surface area is 139 Å². The van der Waals surface area contributed by atoms with E-state index in [1.165, 1.54) is 6.08 Å². The molecular formula is C13H15ClN2O5S2. The number of hydrogen-bond acceptors (Lipinski definition) is 5. The molecule has 23 heavy (non-hydrogen) atoms. The van der Waals surface area contributed by atoms with Crippen LogP contribution in [0.4, 0.5) is 0 Å². The van der Waals surface area contributed by atoms with Crippen LogP contribution in [-0.2, 0) is 24.7 Å². The van der Waals surface area contributed by atoms with Gasteiger partial charge < -0.3 is 0 Å². The molecule has 1 atom stereocenters. The molecule has 10 heteroatoms. The molecule has 2 rings (SSSR count). The number of hydrogen-bond donors (Lipinski definition) is 2. The molecule has 1 amide bonds. The van der Waals surface area contributed by atoms with Crippen molar-refractivity contribution in [3.63, 3.8) is 0 Å². The highest BCUT2D eigenvalue weighted by Gasteiger charge is 2.33. The molecule has 2 N–H and O–H groups in total. The number of sulfonamides is 1. The summed E-state index contributed by atoms with van der Waals surface area (Å²) in [5.74, 6) is -1.72. The SMILES string of the molecule is O=C(NNS(=O)(=O)/C=C/c1ccc(Cl)cc1)[C@H]1CCS(=O)(=O)C1. The summed E-state index contributed by atoms with van der Waals surface area (Å²) in [6.45, 7) is 0. The Morgan fingerprint density at radius 3 is 2.48 bits per heavy atom. The van der Waals surface area contributed by atoms with Crippen molar-refractivity contribution in [1.82, 2.24) is 10.3 Å². The highest BCUT2D eigenvalue weighted by atomic mass is 35.5. The lowest BCUT2D eigenvalue weighted by Crippen LogP contribution is -2.44. The average Bonchev–Trinajstić information content (AvgIpc) is 2.85. The third-order valence-corrected chi connectivity index (χ3v) is 6.13. The van der Waals surface area contributed by atoms with Crippen LogP contribution in [0.2, 0.25) is 5.02 Å². The van der Waals surface area contributed by atoms with Gasteiger partial charge in [0.05, 0.1) is 17.4 Å². The summed E-state index contributed by atoms with van der Waals surface area (Å²) in [7, 11) is -7.10. The van der Waals surface area contributed by atoms with Gasteiger partial charge in [-0.05, 0) is 30.2 Å². The Hall–Kier alpha value is -1.42. The minimum absolute atomic E-state index is 0.0612. The fourth-order valence-electron chi connectivity index (χ4n) is 2.00. The highest BCUT2D eigenvalue weighted by Crippen LogP contribution is 2.18. The normalized spacial score (nSPS) is 20.7. The van der Waals surface area contributed by atoms with Gasteiger partial charge in [0.25, 0.3) is 10.0 Å². The van der Waals surface area contributed by atoms with Crippen molar-refractivity contribution in [2.75, 3.05) is 11.5 Å². The lowest BCUT2D eigenvalue weighted by molar-refractivity contribution is -0.124. The maximum absolute atomic E-state index is 11.8. The molecule has 0 radical (unpaired) electrons. The predicted octanol–water partition coefficient (Wildman–Crippen LogP) is 0.696. The first-order valence-corrected chi connectivity index (χ1v) is 10.4. The Balaban J connectivity index is 1.91. The summed E-state index contributed by atoms with van der Waals surface area (Å²) in [5.41, 5.74) is 2.65. The van der Waals surface area contributed by atoms with Crippen molar-refractivity contribution >= 4 is 43.4 Å². The summed E-state index contributed by atoms with van der Waals surface area (Å²) in [4.78, 5) is 13.7. The largest absolute Gasteiger partial charge is 0.277 e. The zero-order valence-electron chi connectivity index (χ0n) is 11.9. The van der Waals surface area contributed by atoms with E-state index in [1.54, 1.807) is 24.3 Å². The third-order valence-electron chi connectivity index (χ3n) is 3.23. The Morgan fingerprint density at radius 1 is 1.26 bits per heavy atom. The fourth-order valence-corrected chi connectivity index (χ4v) is 4.52. The van der Waals surface area contributed by atoms with Crippen LogP contribution in [0.15, 0.2) is 29.7 Å². The van der Waals surface area contributed by atoms with Crippen molar-refractivity contribution in [3.8, 4) is 0 Å². The first-order chi connectivity index (χ1) is 10.7. The second-order valence-electron chi connectivity index (χ2n) is 5.09. The van der Waals surface area contributed by atoms with E-state index in [4.69, 9.17) is 11.6 Å². The molecule has 0 spiro atoms. The number of rotatable bonds is 5. The third kappa shape index (κ3) is 5.61. The van der Waals surface area contributed by atoms with Gasteiger partial charge in [0, 0.05) is 10.4 Å². The highest BCUT2D eigenvalue weighted by molar-refractivity contribution is 7.92. The second kappa shape index (κ2) is 7.00. The molecule has 0 aliphatic carbocycles. The molecule has 0 bridgehead atoms. The van der Waals surface area contributed by atoms with E-state index in [9.17, 15) is 21.6 Å². The number of benzene rings is 1. The van der Waals surface area contributed by atoms with Crippen LogP contribution >= 0.6 is 11.6 Å². The zero-order chi connectivity index (χ0) is 17.1. The standard InChI is InChI=1S/C13H15ClN2O5S2/c14-12-3-1-10(2-4-12)5-8-23(20,21)16-15-13(17)11-6-7-22(18,19)9-11/h1-5,8,11,16H,6-7,9H2,(H,15,17)/b8-5+/t11-/m0/s1. The fraction of sp³-hybridized carbons (Fsp3) is 0.308. The summed E-state index contributed by atoms with van der Waals surface area (Å²) >= 11 is 5.72. The van der Waals surface area contributed by atoms with Crippen LogP contribution in [-0.4, -0.2) is 34.2 Å². The lowest BCUT2D eigenvalue weighted by Gasteiger charge is -2.09. The smallest absolute Gasteiger partial charge is 0.250 e. The molecule has 0 unspecified atom stereocenters. The molecule has 1 aromatic rings. The van der Waals surface area contributed by atoms with E-state index >= 15 is 0 Å². The number of nitrogens with one attached hydrogen (secondary N) is 2. The topological polar surface area (TPSA) is 109 Å². The van der Waals surface area contributed by atoms with Gasteiger partial charge in [-0.1, -0.05) is 23.7 Å². The Kier molecular flexibility index (Phi) is 5.45. The monoisotopic (exact) mass is 378 g/mol. The number of carbonyl (C=O) groups excluding carboxylic acids is 1. The van der Waals surface area contributed by atoms with Gasteiger partial charge >= 0.3 is 0 Å². The van der Waals surface area contributed by atoms with E-state index < -0.39 is 31.7 Å². The Morgan fingerprint density at radius 2 is 1.91 bits per heavy atom. The minimum Gasteiger partial charge on any atom is -0.277 e. The first kappa shape index (κ1) is 17.9. The van der Waals surface area contributed by atoms with Crippen molar-refractivity contribution < 1.29 is 21.6 Å². The van der Waals surface area contributed by atoms with Gasteiger partial charge in [0.2, 0.25) is 5.91 Å². The molecule has 7 nitrogen and oxygen atoms in total. The molecular weight excluding hydrogens is 364 g/mol. The molecule has 1 aliphatic heterocycles. The minimum atomic E-state index is -3.89. The molecule has 0 aromatic heterocycles. The van der Waals surface area contributed by atoms with E-state index in [-0.39, 0.29) is 17.9 Å². The van der Waals surface area contributed by atoms with Crippen LogP contribution in [0, 0.1) is 5.92 Å². The molecule has 1 aliphatic rings. The first-order valence-electron chi connectivity index (χ1n) is 6.63. The van der Waals surface area contributed by atoms with Crippen LogP contribution < -0.4 is 10.3 Å². The van der Waals surface area contributed by atoms with Crippen molar-refractivity contribution in [2.24, 2.45) is 5.92 Å². The Bertz CT molecular complexity index is 816. The van der Waals surface area contributed by atoms with E-state index in [1.807, 2.05) is 10.3 Å². The maximum Gasteiger partial charge on any atom is 0.250 e. The summed E-state index contributed by atoms with van der Waals surface area (Å²) < 4.78 is 46.1. The van der Waals surface area contributed by atoms with E-state index in [0.29, 0.717) is 10.6 Å². The van der Waals surface area contributed by atoms with Crippen LogP contribution in [0.3, 0.4) is 0 Å². The number of amides is 1. The van der Waals surface area contributed by atoms with E-state index in [2.05, 4.69) is 0 Å². The average molecular weight is 379 g/mol. The molecule has 1 aromatic carbocycles. The molecule has 1 heterocycles. The zero-order valence-corrected chi connectivity index (χ0v) is 14.3. The van der Waals surface area contributed by atoms with Gasteiger partial charge in [-0.15, -0.1) is 4.83 Å². The van der Waals surface area contributed by atoms with Crippen LogP contribution in [0.25, 0.3) is 6.08 Å². The van der Waals surface area contributed by atoms with Crippen molar-refractivity contribution in [2.45, 2.75) is 6.42 Å². The summed E-state index contributed by atoms with van der Waals surface area (Å²) in [6, 6.07) is 6.50. The molecule has 1 saturated heterocycles. The van der Waals surface area contributed by atoms with Gasteiger partial charge in [-0.2, -0.15) is 0 Å². The van der Waals surface area contributed by atoms with Gasteiger partial charge in [-0.25, -0.2) is 16.8 Å². The number of hydrazine groups is 1. The van der Waals surface area contributed by atoms with Gasteiger partial charge in [0.1, 0.15) is 0 Å². The molecule has 0 saturated carbocycles. The second-order valence-corrected chi connectivity index (χ2v) is 9.32. The molecule has 1 fully saturated rings. The van der Waals surface area contributed by atoms with Crippen molar-refractivity contribution in [3.05, 3.63) is 40.3 Å². The predicted molar refractivity (Wildman–Crippen MR) is 87.4 cm³/mol.